The molecule has 8 heteroatoms. The Labute approximate surface area is 184 Å². The maximum absolute atomic E-state index is 12.7. The number of ether oxygens (including phenoxy) is 2. The summed E-state index contributed by atoms with van der Waals surface area (Å²) in [6, 6.07) is 15.9. The third-order valence-electron chi connectivity index (χ3n) is 5.18. The second kappa shape index (κ2) is 10.7. The molecule has 0 aromatic heterocycles. The summed E-state index contributed by atoms with van der Waals surface area (Å²) >= 11 is 0. The highest BCUT2D eigenvalue weighted by molar-refractivity contribution is 7.89. The third-order valence-corrected chi connectivity index (χ3v) is 6.79. The normalized spacial score (nSPS) is 16.5. The molecule has 168 valence electrons. The fourth-order valence-corrected chi connectivity index (χ4v) is 4.69. The standard InChI is InChI=1S/C23H30N2O5S/c1-18(8-9-20-6-4-3-5-7-20)24-31(27,28)22-12-10-21(11-13-22)30-19(2)23(26)25-14-16-29-17-15-25/h3-7,10-13,18-19,24H,8-9,14-17H2,1-2H3/t18-,19+/m0/s1. The summed E-state index contributed by atoms with van der Waals surface area (Å²) in [6.07, 6.45) is 0.842. The van der Waals surface area contributed by atoms with Crippen LogP contribution in [-0.2, 0) is 26.0 Å². The van der Waals surface area contributed by atoms with Crippen molar-refractivity contribution >= 4 is 15.9 Å². The minimum Gasteiger partial charge on any atom is -0.481 e. The van der Waals surface area contributed by atoms with Crippen molar-refractivity contribution in [3.8, 4) is 5.75 Å². The van der Waals surface area contributed by atoms with Gasteiger partial charge < -0.3 is 14.4 Å². The first kappa shape index (κ1) is 23.2. The molecule has 2 aromatic carbocycles. The number of nitrogens with zero attached hydrogens (tertiary/aromatic N) is 1. The molecule has 1 saturated heterocycles. The van der Waals surface area contributed by atoms with Gasteiger partial charge in [-0.15, -0.1) is 0 Å². The first-order valence-electron chi connectivity index (χ1n) is 10.5. The maximum Gasteiger partial charge on any atom is 0.263 e. The summed E-state index contributed by atoms with van der Waals surface area (Å²) in [5.74, 6) is 0.346. The van der Waals surface area contributed by atoms with Gasteiger partial charge in [0.05, 0.1) is 18.1 Å². The number of carbonyl (C=O) groups is 1. The zero-order valence-electron chi connectivity index (χ0n) is 18.0. The van der Waals surface area contributed by atoms with Crippen LogP contribution in [0.1, 0.15) is 25.8 Å². The lowest BCUT2D eigenvalue weighted by Gasteiger charge is -2.29. The molecule has 1 fully saturated rings. The van der Waals surface area contributed by atoms with Crippen molar-refractivity contribution in [3.05, 3.63) is 60.2 Å². The molecule has 1 N–H and O–H groups in total. The lowest BCUT2D eigenvalue weighted by atomic mass is 10.1. The molecule has 3 rings (SSSR count). The van der Waals surface area contributed by atoms with Gasteiger partial charge in [0.25, 0.3) is 5.91 Å². The van der Waals surface area contributed by atoms with Crippen LogP contribution in [0.25, 0.3) is 0 Å². The highest BCUT2D eigenvalue weighted by atomic mass is 32.2. The Kier molecular flexibility index (Phi) is 8.06. The number of rotatable bonds is 9. The van der Waals surface area contributed by atoms with E-state index in [1.807, 2.05) is 37.3 Å². The Hall–Kier alpha value is -2.42. The lowest BCUT2D eigenvalue weighted by Crippen LogP contribution is -2.46. The van der Waals surface area contributed by atoms with E-state index in [1.54, 1.807) is 24.0 Å². The second-order valence-electron chi connectivity index (χ2n) is 7.72. The summed E-state index contributed by atoms with van der Waals surface area (Å²) in [5, 5.41) is 0. The Balaban J connectivity index is 1.53. The minimum atomic E-state index is -3.64. The van der Waals surface area contributed by atoms with Gasteiger partial charge in [-0.1, -0.05) is 30.3 Å². The Morgan fingerprint density at radius 2 is 1.71 bits per heavy atom. The van der Waals surface area contributed by atoms with Gasteiger partial charge in [0.15, 0.2) is 6.10 Å². The quantitative estimate of drug-likeness (QED) is 0.640. The van der Waals surface area contributed by atoms with Gasteiger partial charge >= 0.3 is 0 Å². The second-order valence-corrected chi connectivity index (χ2v) is 9.43. The number of hydrogen-bond acceptors (Lipinski definition) is 5. The molecular formula is C23H30N2O5S. The van der Waals surface area contributed by atoms with Crippen LogP contribution in [0.5, 0.6) is 5.75 Å². The summed E-state index contributed by atoms with van der Waals surface area (Å²) in [4.78, 5) is 14.3. The highest BCUT2D eigenvalue weighted by Gasteiger charge is 2.24. The molecule has 0 aliphatic carbocycles. The predicted octanol–water partition coefficient (Wildman–Crippen LogP) is 2.61. The molecule has 0 bridgehead atoms. The molecule has 1 amide bonds. The molecule has 7 nitrogen and oxygen atoms in total. The van der Waals surface area contributed by atoms with Crippen molar-refractivity contribution in [1.82, 2.24) is 9.62 Å². The van der Waals surface area contributed by atoms with Crippen molar-refractivity contribution < 1.29 is 22.7 Å². The van der Waals surface area contributed by atoms with Crippen molar-refractivity contribution in [2.24, 2.45) is 0 Å². The molecule has 2 aromatic rings. The number of hydrogen-bond donors (Lipinski definition) is 1. The summed E-state index contributed by atoms with van der Waals surface area (Å²) in [7, 11) is -3.64. The molecule has 2 atom stereocenters. The van der Waals surface area contributed by atoms with Crippen LogP contribution < -0.4 is 9.46 Å². The minimum absolute atomic E-state index is 0.103. The van der Waals surface area contributed by atoms with E-state index in [0.717, 1.165) is 6.42 Å². The van der Waals surface area contributed by atoms with Crippen LogP contribution in [0, 0.1) is 0 Å². The number of morpholine rings is 1. The summed E-state index contributed by atoms with van der Waals surface area (Å²) in [5.41, 5.74) is 1.18. The van der Waals surface area contributed by atoms with Gasteiger partial charge in [-0.3, -0.25) is 4.79 Å². The van der Waals surface area contributed by atoms with E-state index in [9.17, 15) is 13.2 Å². The molecule has 0 radical (unpaired) electrons. The third kappa shape index (κ3) is 6.78. The van der Waals surface area contributed by atoms with Crippen molar-refractivity contribution in [2.45, 2.75) is 43.7 Å². The Morgan fingerprint density at radius 3 is 2.35 bits per heavy atom. The predicted molar refractivity (Wildman–Crippen MR) is 118 cm³/mol. The molecular weight excluding hydrogens is 416 g/mol. The largest absolute Gasteiger partial charge is 0.481 e. The van der Waals surface area contributed by atoms with Gasteiger partial charge in [-0.05, 0) is 56.5 Å². The number of amides is 1. The highest BCUT2D eigenvalue weighted by Crippen LogP contribution is 2.19. The molecule has 0 saturated carbocycles. The topological polar surface area (TPSA) is 84.9 Å². The Morgan fingerprint density at radius 1 is 1.06 bits per heavy atom. The molecule has 1 aliphatic heterocycles. The first-order chi connectivity index (χ1) is 14.8. The van der Waals surface area contributed by atoms with Gasteiger partial charge in [0, 0.05) is 19.1 Å². The van der Waals surface area contributed by atoms with E-state index < -0.39 is 16.1 Å². The van der Waals surface area contributed by atoms with Gasteiger partial charge in [-0.25, -0.2) is 13.1 Å². The molecule has 0 unspecified atom stereocenters. The van der Waals surface area contributed by atoms with Crippen LogP contribution in [0.4, 0.5) is 0 Å². The lowest BCUT2D eigenvalue weighted by molar-refractivity contribution is -0.142. The zero-order valence-corrected chi connectivity index (χ0v) is 18.8. The van der Waals surface area contributed by atoms with E-state index in [4.69, 9.17) is 9.47 Å². The van der Waals surface area contributed by atoms with Crippen molar-refractivity contribution in [1.29, 1.82) is 0 Å². The average Bonchev–Trinajstić information content (AvgIpc) is 2.78. The fraction of sp³-hybridized carbons (Fsp3) is 0.435. The van der Waals surface area contributed by atoms with E-state index in [-0.39, 0.29) is 16.8 Å². The van der Waals surface area contributed by atoms with Crippen LogP contribution in [-0.4, -0.2) is 57.7 Å². The molecule has 0 spiro atoms. The molecule has 1 aliphatic rings. The summed E-state index contributed by atoms with van der Waals surface area (Å²) < 4.78 is 39.1. The molecule has 1 heterocycles. The number of carbonyl (C=O) groups excluding carboxylic acids is 1. The smallest absolute Gasteiger partial charge is 0.263 e. The zero-order chi connectivity index (χ0) is 22.3. The Bertz CT molecular complexity index is 942. The number of sulfonamides is 1. The van der Waals surface area contributed by atoms with Gasteiger partial charge in [0.1, 0.15) is 5.75 Å². The van der Waals surface area contributed by atoms with Gasteiger partial charge in [-0.2, -0.15) is 0 Å². The van der Waals surface area contributed by atoms with Crippen LogP contribution in [0.15, 0.2) is 59.5 Å². The fourth-order valence-electron chi connectivity index (χ4n) is 3.41. The van der Waals surface area contributed by atoms with Crippen molar-refractivity contribution in [3.63, 3.8) is 0 Å². The number of benzene rings is 2. The summed E-state index contributed by atoms with van der Waals surface area (Å²) in [6.45, 7) is 5.72. The number of nitrogens with one attached hydrogen (secondary N) is 1. The van der Waals surface area contributed by atoms with Crippen LogP contribution in [0.2, 0.25) is 0 Å². The average molecular weight is 447 g/mol. The number of aryl methyl sites for hydroxylation is 1. The van der Waals surface area contributed by atoms with Gasteiger partial charge in [0.2, 0.25) is 10.0 Å². The van der Waals surface area contributed by atoms with E-state index in [0.29, 0.717) is 38.5 Å². The van der Waals surface area contributed by atoms with E-state index >= 15 is 0 Å². The van der Waals surface area contributed by atoms with Crippen LogP contribution in [0.3, 0.4) is 0 Å². The van der Waals surface area contributed by atoms with Crippen LogP contribution >= 0.6 is 0 Å². The first-order valence-corrected chi connectivity index (χ1v) is 12.0. The SMILES string of the molecule is C[C@@H](CCc1ccccc1)NS(=O)(=O)c1ccc(O[C@H](C)C(=O)N2CCOCC2)cc1. The van der Waals surface area contributed by atoms with E-state index in [2.05, 4.69) is 4.72 Å². The maximum atomic E-state index is 12.7. The van der Waals surface area contributed by atoms with E-state index in [1.165, 1.54) is 17.7 Å². The molecule has 31 heavy (non-hydrogen) atoms. The van der Waals surface area contributed by atoms with Crippen molar-refractivity contribution in [2.75, 3.05) is 26.3 Å². The monoisotopic (exact) mass is 446 g/mol.